The number of methoxy groups -OCH3 is 1. The minimum atomic E-state index is -1.33. The largest absolute Gasteiger partial charge is 0.504 e. The first kappa shape index (κ1) is 28.6. The first-order valence-electron chi connectivity index (χ1n) is 13.1. The highest BCUT2D eigenvalue weighted by Crippen LogP contribution is 2.63. The molecule has 4 N–H and O–H groups in total. The number of hydrogen-bond donors (Lipinski definition) is 3. The Bertz CT molecular complexity index is 1210. The molecule has 4 aliphatic rings. The summed E-state index contributed by atoms with van der Waals surface area (Å²) in [6, 6.07) is 0. The van der Waals surface area contributed by atoms with Gasteiger partial charge in [-0.1, -0.05) is 19.1 Å². The van der Waals surface area contributed by atoms with E-state index in [2.05, 4.69) is 13.2 Å². The number of nitrogens with two attached hydrogens (primary N) is 1. The van der Waals surface area contributed by atoms with Gasteiger partial charge < -0.3 is 35.1 Å². The molecule has 39 heavy (non-hydrogen) atoms. The number of allylic oxidation sites excluding steroid dienone is 1. The van der Waals surface area contributed by atoms with Gasteiger partial charge in [-0.15, -0.1) is 13.2 Å². The van der Waals surface area contributed by atoms with Crippen molar-refractivity contribution in [3.63, 3.8) is 0 Å². The van der Waals surface area contributed by atoms with Gasteiger partial charge in [-0.25, -0.2) is 4.79 Å². The highest BCUT2D eigenvalue weighted by molar-refractivity contribution is 6.13. The van der Waals surface area contributed by atoms with Crippen LogP contribution >= 0.6 is 0 Å². The van der Waals surface area contributed by atoms with Crippen LogP contribution in [0.4, 0.5) is 0 Å². The van der Waals surface area contributed by atoms with Gasteiger partial charge in [0.15, 0.2) is 5.76 Å². The van der Waals surface area contributed by atoms with E-state index < -0.39 is 58.5 Å². The minimum absolute atomic E-state index is 0.0127. The number of esters is 2. The van der Waals surface area contributed by atoms with E-state index in [0.717, 1.165) is 0 Å². The summed E-state index contributed by atoms with van der Waals surface area (Å²) in [7, 11) is 1.45. The van der Waals surface area contributed by atoms with Crippen molar-refractivity contribution in [2.24, 2.45) is 22.5 Å². The van der Waals surface area contributed by atoms with Crippen LogP contribution in [0.3, 0.4) is 0 Å². The molecule has 212 valence electrons. The van der Waals surface area contributed by atoms with Gasteiger partial charge in [0.05, 0.1) is 18.1 Å². The standard InChI is InChI=1S/C29H38N2O8/c1-7-11-31(12-8-2)26(30)21-23-25(35)24(34)20-16-9-10-18(33)28(16,4)13-17(38-15(3)32)22(20)29(23,5)19(14-37-6)39-27(21)36/h7-8,16-19,33,35H,1-2,9-14,30H2,3-6H3/b26-21-/t16-,17+,18?,19+,28-,29+/m0/s1. The Labute approximate surface area is 228 Å². The van der Waals surface area contributed by atoms with Crippen molar-refractivity contribution >= 4 is 17.7 Å². The van der Waals surface area contributed by atoms with Gasteiger partial charge in [0.1, 0.15) is 23.6 Å². The molecule has 1 unspecified atom stereocenters. The Morgan fingerprint density at radius 2 is 1.87 bits per heavy atom. The Kier molecular flexibility index (Phi) is 7.57. The van der Waals surface area contributed by atoms with Crippen LogP contribution in [0.25, 0.3) is 0 Å². The van der Waals surface area contributed by atoms with E-state index in [1.165, 1.54) is 14.0 Å². The summed E-state index contributed by atoms with van der Waals surface area (Å²) in [5.74, 6) is -3.07. The van der Waals surface area contributed by atoms with Gasteiger partial charge in [0, 0.05) is 43.7 Å². The van der Waals surface area contributed by atoms with Gasteiger partial charge in [-0.2, -0.15) is 0 Å². The summed E-state index contributed by atoms with van der Waals surface area (Å²) in [6.07, 6.45) is 1.82. The van der Waals surface area contributed by atoms with Crippen molar-refractivity contribution < 1.29 is 38.8 Å². The molecule has 10 nitrogen and oxygen atoms in total. The number of aliphatic hydroxyl groups excluding tert-OH is 2. The van der Waals surface area contributed by atoms with Crippen molar-refractivity contribution in [1.82, 2.24) is 4.90 Å². The lowest BCUT2D eigenvalue weighted by atomic mass is 9.53. The maximum absolute atomic E-state index is 14.1. The van der Waals surface area contributed by atoms with Crippen LogP contribution in [-0.4, -0.2) is 78.0 Å². The maximum Gasteiger partial charge on any atom is 0.342 e. The van der Waals surface area contributed by atoms with Crippen LogP contribution in [0.2, 0.25) is 0 Å². The highest BCUT2D eigenvalue weighted by Gasteiger charge is 2.64. The molecular weight excluding hydrogens is 504 g/mol. The van der Waals surface area contributed by atoms with E-state index >= 15 is 0 Å². The molecule has 0 aromatic carbocycles. The minimum Gasteiger partial charge on any atom is -0.504 e. The zero-order chi connectivity index (χ0) is 28.9. The Morgan fingerprint density at radius 3 is 2.44 bits per heavy atom. The lowest BCUT2D eigenvalue weighted by molar-refractivity contribution is -0.161. The number of fused-ring (bicyclic) bond motifs is 4. The second-order valence-electron chi connectivity index (χ2n) is 11.1. The third-order valence-corrected chi connectivity index (χ3v) is 8.92. The second kappa shape index (κ2) is 10.3. The quantitative estimate of drug-likeness (QED) is 0.237. The van der Waals surface area contributed by atoms with E-state index in [0.29, 0.717) is 24.0 Å². The lowest BCUT2D eigenvalue weighted by Gasteiger charge is -2.54. The van der Waals surface area contributed by atoms with Crippen LogP contribution < -0.4 is 5.73 Å². The molecule has 0 aromatic heterocycles. The molecule has 0 spiro atoms. The third-order valence-electron chi connectivity index (χ3n) is 8.92. The summed E-state index contributed by atoms with van der Waals surface area (Å²) in [6.45, 7) is 12.9. The van der Waals surface area contributed by atoms with E-state index in [-0.39, 0.29) is 43.1 Å². The molecule has 2 fully saturated rings. The van der Waals surface area contributed by atoms with E-state index in [9.17, 15) is 24.6 Å². The first-order chi connectivity index (χ1) is 18.4. The molecule has 0 amide bonds. The Hall–Kier alpha value is -3.37. The number of nitrogens with zero attached hydrogens (tertiary/aromatic N) is 1. The predicted molar refractivity (Wildman–Crippen MR) is 142 cm³/mol. The zero-order valence-corrected chi connectivity index (χ0v) is 23.0. The molecule has 4 rings (SSSR count). The Balaban J connectivity index is 2.05. The van der Waals surface area contributed by atoms with Gasteiger partial charge in [0.2, 0.25) is 5.78 Å². The molecule has 3 aliphatic carbocycles. The van der Waals surface area contributed by atoms with Crippen molar-refractivity contribution in [1.29, 1.82) is 0 Å². The number of aliphatic hydroxyl groups is 2. The number of carbonyl (C=O) groups is 3. The highest BCUT2D eigenvalue weighted by atomic mass is 16.6. The van der Waals surface area contributed by atoms with Gasteiger partial charge in [0.25, 0.3) is 0 Å². The molecular formula is C29H38N2O8. The molecule has 6 atom stereocenters. The average Bonchev–Trinajstić information content (AvgIpc) is 3.16. The van der Waals surface area contributed by atoms with Crippen LogP contribution in [0.5, 0.6) is 0 Å². The number of cyclic esters (lactones) is 1. The fourth-order valence-corrected chi connectivity index (χ4v) is 7.09. The number of hydrogen-bond acceptors (Lipinski definition) is 10. The lowest BCUT2D eigenvalue weighted by Crippen LogP contribution is -2.57. The van der Waals surface area contributed by atoms with Gasteiger partial charge in [-0.3, -0.25) is 9.59 Å². The van der Waals surface area contributed by atoms with Crippen molar-refractivity contribution in [2.45, 2.75) is 58.3 Å². The van der Waals surface area contributed by atoms with Crippen LogP contribution in [0, 0.1) is 16.7 Å². The maximum atomic E-state index is 14.1. The summed E-state index contributed by atoms with van der Waals surface area (Å²) in [5, 5.41) is 22.5. The van der Waals surface area contributed by atoms with Crippen molar-refractivity contribution in [3.8, 4) is 0 Å². The number of Topliss-reactive ketones (excluding diaryl/α,β-unsaturated/α-hetero) is 1. The molecule has 10 heteroatoms. The van der Waals surface area contributed by atoms with Gasteiger partial charge in [-0.05, 0) is 37.7 Å². The molecule has 0 aromatic rings. The SMILES string of the molecule is C=CCN(CC=C)/C(N)=C1\C(=O)O[C@H](COC)[C@@]2(C)C1=C(O)C(=O)C1=C2[C@H](OC(C)=O)C[C@]2(C)C(O)CC[C@@H]12. The number of carbonyl (C=O) groups excluding carboxylic acids is 3. The number of ether oxygens (including phenoxy) is 3. The predicted octanol–water partition coefficient (Wildman–Crippen LogP) is 2.21. The number of ketones is 1. The summed E-state index contributed by atoms with van der Waals surface area (Å²) in [5.41, 5.74) is 5.06. The third kappa shape index (κ3) is 4.21. The molecule has 1 aliphatic heterocycles. The molecule has 0 bridgehead atoms. The molecule has 1 heterocycles. The van der Waals surface area contributed by atoms with E-state index in [1.54, 1.807) is 24.0 Å². The fourth-order valence-electron chi connectivity index (χ4n) is 7.09. The van der Waals surface area contributed by atoms with Crippen LogP contribution in [0.15, 0.2) is 59.2 Å². The molecule has 0 radical (unpaired) electrons. The smallest absolute Gasteiger partial charge is 0.342 e. The second-order valence-corrected chi connectivity index (χ2v) is 11.1. The van der Waals surface area contributed by atoms with E-state index in [1.807, 2.05) is 6.92 Å². The van der Waals surface area contributed by atoms with Crippen molar-refractivity contribution in [3.05, 3.63) is 59.2 Å². The monoisotopic (exact) mass is 542 g/mol. The normalized spacial score (nSPS) is 35.0. The van der Waals surface area contributed by atoms with Crippen LogP contribution in [0.1, 0.15) is 40.0 Å². The topological polar surface area (TPSA) is 149 Å². The van der Waals surface area contributed by atoms with E-state index in [4.69, 9.17) is 19.9 Å². The van der Waals surface area contributed by atoms with Crippen molar-refractivity contribution in [2.75, 3.05) is 26.8 Å². The van der Waals surface area contributed by atoms with Gasteiger partial charge >= 0.3 is 11.9 Å². The first-order valence-corrected chi connectivity index (χ1v) is 13.1. The molecule has 1 saturated heterocycles. The average molecular weight is 543 g/mol. The summed E-state index contributed by atoms with van der Waals surface area (Å²) in [4.78, 5) is 41.5. The zero-order valence-electron chi connectivity index (χ0n) is 23.0. The fraction of sp³-hybridized carbons (Fsp3) is 0.552. The summed E-state index contributed by atoms with van der Waals surface area (Å²) >= 11 is 0. The van der Waals surface area contributed by atoms with Crippen LogP contribution in [-0.2, 0) is 28.6 Å². The Morgan fingerprint density at radius 1 is 1.23 bits per heavy atom. The summed E-state index contributed by atoms with van der Waals surface area (Å²) < 4.78 is 17.2. The molecule has 1 saturated carbocycles. The number of rotatable bonds is 8.